The molecule has 2 rings (SSSR count). The monoisotopic (exact) mass is 317 g/mol. The summed E-state index contributed by atoms with van der Waals surface area (Å²) in [6.07, 6.45) is 2.12. The van der Waals surface area contributed by atoms with Crippen molar-refractivity contribution < 1.29 is 13.6 Å². The molecule has 0 aliphatic carbocycles. The van der Waals surface area contributed by atoms with Crippen LogP contribution in [0.1, 0.15) is 19.3 Å². The van der Waals surface area contributed by atoms with Gasteiger partial charge in [-0.3, -0.25) is 0 Å². The fourth-order valence-electron chi connectivity index (χ4n) is 2.32. The Morgan fingerprint density at radius 2 is 2.20 bits per heavy atom. The second-order valence-corrected chi connectivity index (χ2v) is 6.94. The molecule has 0 aromatic heterocycles. The maximum Gasteiger partial charge on any atom is 0.243 e. The fraction of sp³-hybridized carbons (Fsp3) is 0.417. The Morgan fingerprint density at radius 3 is 2.85 bits per heavy atom. The molecule has 3 N–H and O–H groups in total. The number of hydrogen-bond donors (Lipinski definition) is 2. The minimum Gasteiger partial charge on any atom is -0.409 e. The van der Waals surface area contributed by atoms with Gasteiger partial charge in [0.2, 0.25) is 10.0 Å². The number of rotatable bonds is 3. The first-order valence-corrected chi connectivity index (χ1v) is 8.03. The zero-order valence-electron chi connectivity index (χ0n) is 10.7. The van der Waals surface area contributed by atoms with Gasteiger partial charge in [0.1, 0.15) is 0 Å². The van der Waals surface area contributed by atoms with E-state index in [9.17, 15) is 8.42 Å². The van der Waals surface area contributed by atoms with Gasteiger partial charge in [0.05, 0.1) is 10.9 Å². The number of nitrogens with two attached hydrogens (primary N) is 1. The van der Waals surface area contributed by atoms with Gasteiger partial charge in [0.15, 0.2) is 5.84 Å². The molecule has 1 heterocycles. The predicted molar refractivity (Wildman–Crippen MR) is 76.4 cm³/mol. The number of benzene rings is 1. The molecule has 1 aliphatic rings. The van der Waals surface area contributed by atoms with Crippen LogP contribution in [0, 0.1) is 0 Å². The van der Waals surface area contributed by atoms with E-state index in [-0.39, 0.29) is 10.7 Å². The molecule has 1 saturated heterocycles. The number of oxime groups is 1. The van der Waals surface area contributed by atoms with E-state index in [1.165, 1.54) is 16.4 Å². The van der Waals surface area contributed by atoms with E-state index >= 15 is 0 Å². The van der Waals surface area contributed by atoms with Gasteiger partial charge in [-0.25, -0.2) is 8.42 Å². The first-order chi connectivity index (χ1) is 9.46. The molecule has 1 aliphatic heterocycles. The van der Waals surface area contributed by atoms with Gasteiger partial charge < -0.3 is 10.9 Å². The third-order valence-corrected chi connectivity index (χ3v) is 5.45. The summed E-state index contributed by atoms with van der Waals surface area (Å²) in [6.45, 7) is 0.343. The zero-order chi connectivity index (χ0) is 14.8. The Kier molecular flexibility index (Phi) is 4.52. The first kappa shape index (κ1) is 15.1. The van der Waals surface area contributed by atoms with Crippen molar-refractivity contribution in [2.24, 2.45) is 10.9 Å². The van der Waals surface area contributed by atoms with Gasteiger partial charge in [-0.1, -0.05) is 29.2 Å². The van der Waals surface area contributed by atoms with Crippen molar-refractivity contribution in [1.29, 1.82) is 0 Å². The van der Waals surface area contributed by atoms with Gasteiger partial charge in [-0.05, 0) is 31.0 Å². The van der Waals surface area contributed by atoms with Crippen LogP contribution in [0.25, 0.3) is 0 Å². The summed E-state index contributed by atoms with van der Waals surface area (Å²) in [5, 5.41) is 12.1. The van der Waals surface area contributed by atoms with Crippen LogP contribution in [0.2, 0.25) is 5.02 Å². The molecule has 110 valence electrons. The third-order valence-electron chi connectivity index (χ3n) is 3.31. The van der Waals surface area contributed by atoms with Crippen molar-refractivity contribution in [2.75, 3.05) is 6.54 Å². The van der Waals surface area contributed by atoms with Gasteiger partial charge >= 0.3 is 0 Å². The molecule has 20 heavy (non-hydrogen) atoms. The smallest absolute Gasteiger partial charge is 0.243 e. The van der Waals surface area contributed by atoms with E-state index in [0.29, 0.717) is 18.0 Å². The normalized spacial score (nSPS) is 21.9. The second-order valence-electron chi connectivity index (χ2n) is 4.61. The van der Waals surface area contributed by atoms with Gasteiger partial charge in [0.25, 0.3) is 0 Å². The van der Waals surface area contributed by atoms with Crippen LogP contribution in [-0.4, -0.2) is 36.4 Å². The van der Waals surface area contributed by atoms with Crippen molar-refractivity contribution in [1.82, 2.24) is 4.31 Å². The lowest BCUT2D eigenvalue weighted by molar-refractivity contribution is 0.281. The Morgan fingerprint density at radius 1 is 1.45 bits per heavy atom. The summed E-state index contributed by atoms with van der Waals surface area (Å²) in [6, 6.07) is 5.46. The minimum atomic E-state index is -3.71. The molecular weight excluding hydrogens is 302 g/mol. The SMILES string of the molecule is NC(=NO)C1CCCCN1S(=O)(=O)c1cccc(Cl)c1. The molecule has 1 fully saturated rings. The zero-order valence-corrected chi connectivity index (χ0v) is 12.3. The second kappa shape index (κ2) is 5.99. The highest BCUT2D eigenvalue weighted by molar-refractivity contribution is 7.89. The van der Waals surface area contributed by atoms with Crippen LogP contribution >= 0.6 is 11.6 Å². The molecule has 8 heteroatoms. The molecule has 1 atom stereocenters. The third kappa shape index (κ3) is 2.89. The quantitative estimate of drug-likeness (QED) is 0.383. The Balaban J connectivity index is 2.41. The van der Waals surface area contributed by atoms with Crippen LogP contribution in [0.5, 0.6) is 0 Å². The Hall–Kier alpha value is -1.31. The molecule has 0 saturated carbocycles. The lowest BCUT2D eigenvalue weighted by Gasteiger charge is -2.33. The lowest BCUT2D eigenvalue weighted by atomic mass is 10.0. The molecule has 0 bridgehead atoms. The first-order valence-electron chi connectivity index (χ1n) is 6.21. The van der Waals surface area contributed by atoms with E-state index in [4.69, 9.17) is 22.5 Å². The molecule has 1 aromatic rings. The van der Waals surface area contributed by atoms with Crippen LogP contribution in [0.4, 0.5) is 0 Å². The Bertz CT molecular complexity index is 618. The van der Waals surface area contributed by atoms with Crippen LogP contribution < -0.4 is 5.73 Å². The van der Waals surface area contributed by atoms with E-state index in [1.807, 2.05) is 0 Å². The topological polar surface area (TPSA) is 96.0 Å². The van der Waals surface area contributed by atoms with Crippen molar-refractivity contribution in [2.45, 2.75) is 30.2 Å². The number of hydrogen-bond acceptors (Lipinski definition) is 4. The van der Waals surface area contributed by atoms with E-state index in [0.717, 1.165) is 12.8 Å². The van der Waals surface area contributed by atoms with Crippen molar-refractivity contribution in [3.63, 3.8) is 0 Å². The number of piperidine rings is 1. The highest BCUT2D eigenvalue weighted by Gasteiger charge is 2.35. The summed E-state index contributed by atoms with van der Waals surface area (Å²) in [7, 11) is -3.71. The van der Waals surface area contributed by atoms with E-state index in [2.05, 4.69) is 5.16 Å². The number of amidine groups is 1. The average molecular weight is 318 g/mol. The summed E-state index contributed by atoms with van der Waals surface area (Å²) < 4.78 is 26.6. The molecular formula is C12H16ClN3O3S. The average Bonchev–Trinajstić information content (AvgIpc) is 2.46. The van der Waals surface area contributed by atoms with Crippen LogP contribution in [-0.2, 0) is 10.0 Å². The number of halogens is 1. The van der Waals surface area contributed by atoms with Crippen molar-refractivity contribution >= 4 is 27.5 Å². The maximum atomic E-state index is 12.6. The van der Waals surface area contributed by atoms with E-state index < -0.39 is 16.1 Å². The molecule has 0 radical (unpaired) electrons. The summed E-state index contributed by atoms with van der Waals surface area (Å²) in [4.78, 5) is 0.114. The van der Waals surface area contributed by atoms with Gasteiger partial charge in [-0.2, -0.15) is 4.31 Å². The fourth-order valence-corrected chi connectivity index (χ4v) is 4.29. The highest BCUT2D eigenvalue weighted by Crippen LogP contribution is 2.26. The molecule has 0 amide bonds. The predicted octanol–water partition coefficient (Wildman–Crippen LogP) is 1.63. The molecule has 6 nitrogen and oxygen atoms in total. The Labute approximate surface area is 122 Å². The maximum absolute atomic E-state index is 12.6. The van der Waals surface area contributed by atoms with Crippen LogP contribution in [0.3, 0.4) is 0 Å². The molecule has 1 unspecified atom stereocenters. The minimum absolute atomic E-state index is 0.0877. The highest BCUT2D eigenvalue weighted by atomic mass is 35.5. The summed E-state index contributed by atoms with van der Waals surface area (Å²) in [5.74, 6) is -0.0877. The molecule has 0 spiro atoms. The lowest BCUT2D eigenvalue weighted by Crippen LogP contribution is -2.50. The van der Waals surface area contributed by atoms with Crippen molar-refractivity contribution in [3.05, 3.63) is 29.3 Å². The van der Waals surface area contributed by atoms with E-state index in [1.54, 1.807) is 12.1 Å². The van der Waals surface area contributed by atoms with Gasteiger partial charge in [0, 0.05) is 11.6 Å². The summed E-state index contributed by atoms with van der Waals surface area (Å²) in [5.41, 5.74) is 5.61. The molecule has 1 aromatic carbocycles. The van der Waals surface area contributed by atoms with Gasteiger partial charge in [-0.15, -0.1) is 0 Å². The number of nitrogens with zero attached hydrogens (tertiary/aromatic N) is 2. The largest absolute Gasteiger partial charge is 0.409 e. The van der Waals surface area contributed by atoms with Crippen molar-refractivity contribution in [3.8, 4) is 0 Å². The number of sulfonamides is 1. The van der Waals surface area contributed by atoms with Crippen LogP contribution in [0.15, 0.2) is 34.3 Å². The standard InChI is InChI=1S/C12H16ClN3O3S/c13-9-4-3-5-10(8-9)20(18,19)16-7-2-1-6-11(16)12(14)15-17/h3-5,8,11,17H,1-2,6-7H2,(H2,14,15). The summed E-state index contributed by atoms with van der Waals surface area (Å²) >= 11 is 5.84.